The normalized spacial score (nSPS) is 18.6. The lowest BCUT2D eigenvalue weighted by atomic mass is 10.1. The molecule has 1 atom stereocenters. The second kappa shape index (κ2) is 8.71. The number of halogens is 1. The lowest BCUT2D eigenvalue weighted by Gasteiger charge is -2.38. The zero-order chi connectivity index (χ0) is 20.2. The lowest BCUT2D eigenvalue weighted by molar-refractivity contribution is -0.142. The molecule has 0 unspecified atom stereocenters. The third-order valence-corrected chi connectivity index (χ3v) is 5.14. The molecule has 152 valence electrons. The summed E-state index contributed by atoms with van der Waals surface area (Å²) in [5.41, 5.74) is 1.42. The molecule has 0 spiro atoms. The van der Waals surface area contributed by atoms with Crippen LogP contribution in [0.3, 0.4) is 0 Å². The second-order valence-corrected chi connectivity index (χ2v) is 7.39. The van der Waals surface area contributed by atoms with Gasteiger partial charge in [0.1, 0.15) is 5.75 Å². The minimum Gasteiger partial charge on any atom is -0.477 e. The van der Waals surface area contributed by atoms with Crippen molar-refractivity contribution in [2.24, 2.45) is 0 Å². The Morgan fingerprint density at radius 1 is 1.10 bits per heavy atom. The van der Waals surface area contributed by atoms with Gasteiger partial charge in [-0.3, -0.25) is 9.59 Å². The van der Waals surface area contributed by atoms with Crippen LogP contribution < -0.4 is 15.0 Å². The van der Waals surface area contributed by atoms with Crippen molar-refractivity contribution in [2.45, 2.75) is 6.10 Å². The van der Waals surface area contributed by atoms with E-state index in [4.69, 9.17) is 21.1 Å². The predicted molar refractivity (Wildman–Crippen MR) is 111 cm³/mol. The molecule has 2 heterocycles. The van der Waals surface area contributed by atoms with Crippen LogP contribution in [0.5, 0.6) is 5.75 Å². The minimum absolute atomic E-state index is 0.0805. The standard InChI is InChI=1S/C21H22ClN3O4/c22-15-4-3-5-16(12-15)23-20(26)14-25-13-19(21(27)24-8-10-28-11-9-24)29-18-7-2-1-6-17(18)25/h1-7,12,19H,8-11,13-14H2,(H,23,26)/t19-/m1/s1. The van der Waals surface area contributed by atoms with Gasteiger partial charge in [-0.25, -0.2) is 0 Å². The van der Waals surface area contributed by atoms with Gasteiger partial charge < -0.3 is 24.6 Å². The van der Waals surface area contributed by atoms with E-state index in [2.05, 4.69) is 5.32 Å². The number of ether oxygens (including phenoxy) is 2. The van der Waals surface area contributed by atoms with Gasteiger partial charge in [-0.15, -0.1) is 0 Å². The third-order valence-electron chi connectivity index (χ3n) is 4.90. The van der Waals surface area contributed by atoms with Gasteiger partial charge in [0.15, 0.2) is 6.10 Å². The van der Waals surface area contributed by atoms with Crippen molar-refractivity contribution in [3.63, 3.8) is 0 Å². The molecule has 2 aromatic carbocycles. The summed E-state index contributed by atoms with van der Waals surface area (Å²) in [6.45, 7) is 2.56. The summed E-state index contributed by atoms with van der Waals surface area (Å²) in [5.74, 6) is 0.325. The molecule has 2 amide bonds. The molecule has 0 radical (unpaired) electrons. The molecule has 1 saturated heterocycles. The molecule has 29 heavy (non-hydrogen) atoms. The number of hydrogen-bond donors (Lipinski definition) is 1. The van der Waals surface area contributed by atoms with Gasteiger partial charge in [-0.2, -0.15) is 0 Å². The summed E-state index contributed by atoms with van der Waals surface area (Å²) in [4.78, 5) is 29.2. The smallest absolute Gasteiger partial charge is 0.265 e. The van der Waals surface area contributed by atoms with Crippen molar-refractivity contribution < 1.29 is 19.1 Å². The maximum Gasteiger partial charge on any atom is 0.265 e. The highest BCUT2D eigenvalue weighted by molar-refractivity contribution is 6.30. The topological polar surface area (TPSA) is 71.1 Å². The average molecular weight is 416 g/mol. The van der Waals surface area contributed by atoms with Crippen LogP contribution in [0.4, 0.5) is 11.4 Å². The number of hydrogen-bond acceptors (Lipinski definition) is 5. The van der Waals surface area contributed by atoms with Gasteiger partial charge in [0.05, 0.1) is 32.0 Å². The van der Waals surface area contributed by atoms with Crippen molar-refractivity contribution in [2.75, 3.05) is 49.6 Å². The first-order chi connectivity index (χ1) is 14.1. The zero-order valence-corrected chi connectivity index (χ0v) is 16.6. The molecule has 4 rings (SSSR count). The number of amides is 2. The van der Waals surface area contributed by atoms with Gasteiger partial charge in [0, 0.05) is 23.8 Å². The van der Waals surface area contributed by atoms with E-state index in [1.807, 2.05) is 29.2 Å². The third kappa shape index (κ3) is 4.63. The Hall–Kier alpha value is -2.77. The fraction of sp³-hybridized carbons (Fsp3) is 0.333. The molecule has 0 aliphatic carbocycles. The van der Waals surface area contributed by atoms with E-state index in [0.717, 1.165) is 5.69 Å². The first kappa shape index (κ1) is 19.5. The number of morpholine rings is 1. The van der Waals surface area contributed by atoms with Crippen molar-refractivity contribution in [1.82, 2.24) is 4.90 Å². The molecule has 0 bridgehead atoms. The maximum absolute atomic E-state index is 12.9. The van der Waals surface area contributed by atoms with Crippen LogP contribution in [0.1, 0.15) is 0 Å². The number of rotatable bonds is 4. The highest BCUT2D eigenvalue weighted by atomic mass is 35.5. The van der Waals surface area contributed by atoms with E-state index in [0.29, 0.717) is 49.3 Å². The quantitative estimate of drug-likeness (QED) is 0.830. The molecular formula is C21H22ClN3O4. The van der Waals surface area contributed by atoms with Crippen molar-refractivity contribution in [3.8, 4) is 5.75 Å². The molecule has 2 aliphatic heterocycles. The summed E-state index contributed by atoms with van der Waals surface area (Å²) in [5, 5.41) is 3.40. The predicted octanol–water partition coefficient (Wildman–Crippen LogP) is 2.40. The maximum atomic E-state index is 12.9. The molecule has 2 aliphatic rings. The number of carbonyl (C=O) groups excluding carboxylic acids is 2. The summed E-state index contributed by atoms with van der Waals surface area (Å²) in [7, 11) is 0. The first-order valence-electron chi connectivity index (χ1n) is 9.53. The van der Waals surface area contributed by atoms with Crippen LogP contribution in [0.15, 0.2) is 48.5 Å². The van der Waals surface area contributed by atoms with E-state index >= 15 is 0 Å². The number of nitrogens with zero attached hydrogens (tertiary/aromatic N) is 2. The summed E-state index contributed by atoms with van der Waals surface area (Å²) < 4.78 is 11.3. The lowest BCUT2D eigenvalue weighted by Crippen LogP contribution is -2.53. The molecule has 8 heteroatoms. The van der Waals surface area contributed by atoms with Gasteiger partial charge >= 0.3 is 0 Å². The van der Waals surface area contributed by atoms with Gasteiger partial charge in [-0.1, -0.05) is 29.8 Å². The van der Waals surface area contributed by atoms with E-state index in [1.165, 1.54) is 0 Å². The van der Waals surface area contributed by atoms with Crippen molar-refractivity contribution >= 4 is 34.8 Å². The molecule has 7 nitrogen and oxygen atoms in total. The Bertz CT molecular complexity index is 901. The summed E-state index contributed by atoms with van der Waals surface area (Å²) in [6, 6.07) is 14.4. The molecular weight excluding hydrogens is 394 g/mol. The number of benzene rings is 2. The monoisotopic (exact) mass is 415 g/mol. The van der Waals surface area contributed by atoms with Crippen LogP contribution in [-0.2, 0) is 14.3 Å². The van der Waals surface area contributed by atoms with Crippen molar-refractivity contribution in [1.29, 1.82) is 0 Å². The summed E-state index contributed by atoms with van der Waals surface area (Å²) >= 11 is 5.99. The second-order valence-electron chi connectivity index (χ2n) is 6.95. The number of anilines is 2. The molecule has 0 saturated carbocycles. The minimum atomic E-state index is -0.665. The van der Waals surface area contributed by atoms with Crippen LogP contribution in [-0.4, -0.2) is 62.2 Å². The van der Waals surface area contributed by atoms with Crippen LogP contribution >= 0.6 is 11.6 Å². The van der Waals surface area contributed by atoms with Gasteiger partial charge in [0.2, 0.25) is 5.91 Å². The highest BCUT2D eigenvalue weighted by Crippen LogP contribution is 2.33. The Balaban J connectivity index is 1.48. The van der Waals surface area contributed by atoms with Crippen molar-refractivity contribution in [3.05, 3.63) is 53.6 Å². The number of nitrogens with one attached hydrogen (secondary N) is 1. The SMILES string of the molecule is O=C(CN1C[C@H](C(=O)N2CCOCC2)Oc2ccccc21)Nc1cccc(Cl)c1. The number of carbonyl (C=O) groups is 2. The van der Waals surface area contributed by atoms with Gasteiger partial charge in [0.25, 0.3) is 5.91 Å². The number of fused-ring (bicyclic) bond motifs is 1. The van der Waals surface area contributed by atoms with E-state index in [-0.39, 0.29) is 18.4 Å². The van der Waals surface area contributed by atoms with Crippen LogP contribution in [0.2, 0.25) is 5.02 Å². The molecule has 0 aromatic heterocycles. The number of para-hydroxylation sites is 2. The van der Waals surface area contributed by atoms with Crippen LogP contribution in [0, 0.1) is 0 Å². The Morgan fingerprint density at radius 3 is 2.69 bits per heavy atom. The Kier molecular flexibility index (Phi) is 5.87. The average Bonchev–Trinajstić information content (AvgIpc) is 2.73. The highest BCUT2D eigenvalue weighted by Gasteiger charge is 2.34. The Morgan fingerprint density at radius 2 is 1.90 bits per heavy atom. The zero-order valence-electron chi connectivity index (χ0n) is 15.8. The first-order valence-corrected chi connectivity index (χ1v) is 9.90. The largest absolute Gasteiger partial charge is 0.477 e. The molecule has 1 fully saturated rings. The van der Waals surface area contributed by atoms with E-state index in [1.54, 1.807) is 29.2 Å². The van der Waals surface area contributed by atoms with E-state index < -0.39 is 6.10 Å². The van der Waals surface area contributed by atoms with Gasteiger partial charge in [-0.05, 0) is 30.3 Å². The summed E-state index contributed by atoms with van der Waals surface area (Å²) in [6.07, 6.45) is -0.665. The van der Waals surface area contributed by atoms with Crippen LogP contribution in [0.25, 0.3) is 0 Å². The fourth-order valence-corrected chi connectivity index (χ4v) is 3.70. The molecule has 1 N–H and O–H groups in total. The fourth-order valence-electron chi connectivity index (χ4n) is 3.51. The molecule has 2 aromatic rings. The Labute approximate surface area is 174 Å². The van der Waals surface area contributed by atoms with E-state index in [9.17, 15) is 9.59 Å².